The van der Waals surface area contributed by atoms with Crippen LogP contribution in [0.1, 0.15) is 31.4 Å². The lowest BCUT2D eigenvalue weighted by Gasteiger charge is -2.28. The Labute approximate surface area is 109 Å². The van der Waals surface area contributed by atoms with Gasteiger partial charge in [-0.15, -0.1) is 0 Å². The van der Waals surface area contributed by atoms with E-state index in [9.17, 15) is 5.11 Å². The summed E-state index contributed by atoms with van der Waals surface area (Å²) < 4.78 is 0. The van der Waals surface area contributed by atoms with Crippen molar-refractivity contribution < 1.29 is 5.11 Å². The van der Waals surface area contributed by atoms with Gasteiger partial charge in [0.2, 0.25) is 0 Å². The van der Waals surface area contributed by atoms with Gasteiger partial charge in [-0.25, -0.2) is 4.98 Å². The Bertz CT molecular complexity index is 375. The summed E-state index contributed by atoms with van der Waals surface area (Å²) in [7, 11) is 4.22. The van der Waals surface area contributed by atoms with Crippen molar-refractivity contribution in [1.29, 1.82) is 0 Å². The van der Waals surface area contributed by atoms with E-state index < -0.39 is 6.10 Å². The van der Waals surface area contributed by atoms with Crippen molar-refractivity contribution in [2.75, 3.05) is 32.1 Å². The molecule has 4 nitrogen and oxygen atoms in total. The second kappa shape index (κ2) is 5.67. The van der Waals surface area contributed by atoms with Crippen LogP contribution in [-0.4, -0.2) is 48.2 Å². The molecule has 1 aromatic rings. The minimum atomic E-state index is -0.442. The zero-order valence-corrected chi connectivity index (χ0v) is 11.5. The quantitative estimate of drug-likeness (QED) is 0.881. The first-order valence-electron chi connectivity index (χ1n) is 6.63. The van der Waals surface area contributed by atoms with Gasteiger partial charge in [-0.1, -0.05) is 6.07 Å². The smallest absolute Gasteiger partial charge is 0.128 e. The molecule has 1 N–H and O–H groups in total. The molecule has 1 saturated heterocycles. The molecule has 0 bridgehead atoms. The number of nitrogens with zero attached hydrogens (tertiary/aromatic N) is 3. The molecular formula is C14H23N3O. The molecule has 0 amide bonds. The molecule has 1 fully saturated rings. The Morgan fingerprint density at radius 2 is 2.28 bits per heavy atom. The topological polar surface area (TPSA) is 39.6 Å². The monoisotopic (exact) mass is 249 g/mol. The summed E-state index contributed by atoms with van der Waals surface area (Å²) >= 11 is 0. The van der Waals surface area contributed by atoms with Gasteiger partial charge < -0.3 is 14.9 Å². The summed E-state index contributed by atoms with van der Waals surface area (Å²) in [6.45, 7) is 3.92. The van der Waals surface area contributed by atoms with Crippen molar-refractivity contribution in [2.24, 2.45) is 0 Å². The number of pyridine rings is 1. The van der Waals surface area contributed by atoms with Gasteiger partial charge in [0, 0.05) is 25.3 Å². The normalized spacial score (nSPS) is 21.6. The molecule has 0 saturated carbocycles. The Kier molecular flexibility index (Phi) is 4.19. The number of likely N-dealkylation sites (N-methyl/N-ethyl adjacent to an activating group) is 1. The first-order chi connectivity index (χ1) is 8.58. The van der Waals surface area contributed by atoms with E-state index in [1.807, 2.05) is 12.1 Å². The highest BCUT2D eigenvalue weighted by atomic mass is 16.3. The number of hydrogen-bond donors (Lipinski definition) is 1. The average molecular weight is 249 g/mol. The summed E-state index contributed by atoms with van der Waals surface area (Å²) in [5, 5.41) is 9.49. The molecule has 100 valence electrons. The van der Waals surface area contributed by atoms with Crippen LogP contribution in [0.4, 0.5) is 5.82 Å². The van der Waals surface area contributed by atoms with Crippen molar-refractivity contribution >= 4 is 5.82 Å². The average Bonchev–Trinajstić information content (AvgIpc) is 2.76. The second-order valence-corrected chi connectivity index (χ2v) is 5.38. The SMILES string of the molecule is C[C@@H](O)c1ccc(N2CCCC2CN(C)C)nc1. The van der Waals surface area contributed by atoms with Gasteiger partial charge >= 0.3 is 0 Å². The molecule has 18 heavy (non-hydrogen) atoms. The zero-order valence-electron chi connectivity index (χ0n) is 11.5. The fraction of sp³-hybridized carbons (Fsp3) is 0.643. The van der Waals surface area contributed by atoms with Crippen LogP contribution in [0.3, 0.4) is 0 Å². The first-order valence-corrected chi connectivity index (χ1v) is 6.63. The molecule has 1 aliphatic rings. The predicted octanol–water partition coefficient (Wildman–Crippen LogP) is 1.67. The molecule has 0 aliphatic carbocycles. The molecule has 1 aromatic heterocycles. The van der Waals surface area contributed by atoms with E-state index in [2.05, 4.69) is 28.9 Å². The van der Waals surface area contributed by atoms with Gasteiger partial charge in [-0.2, -0.15) is 0 Å². The highest BCUT2D eigenvalue weighted by Gasteiger charge is 2.25. The number of aromatic nitrogens is 1. The van der Waals surface area contributed by atoms with Crippen molar-refractivity contribution in [2.45, 2.75) is 31.9 Å². The van der Waals surface area contributed by atoms with E-state index in [4.69, 9.17) is 0 Å². The lowest BCUT2D eigenvalue weighted by molar-refractivity contribution is 0.199. The Balaban J connectivity index is 2.10. The first kappa shape index (κ1) is 13.3. The molecule has 2 rings (SSSR count). The third-order valence-electron chi connectivity index (χ3n) is 3.50. The van der Waals surface area contributed by atoms with Crippen LogP contribution in [0.2, 0.25) is 0 Å². The Morgan fingerprint density at radius 1 is 1.50 bits per heavy atom. The van der Waals surface area contributed by atoms with Gasteiger partial charge in [0.05, 0.1) is 6.10 Å². The highest BCUT2D eigenvalue weighted by molar-refractivity contribution is 5.42. The minimum absolute atomic E-state index is 0.442. The van der Waals surface area contributed by atoms with Crippen molar-refractivity contribution in [3.8, 4) is 0 Å². The van der Waals surface area contributed by atoms with E-state index in [1.54, 1.807) is 13.1 Å². The van der Waals surface area contributed by atoms with E-state index in [1.165, 1.54) is 12.8 Å². The van der Waals surface area contributed by atoms with E-state index in [0.29, 0.717) is 6.04 Å². The Hall–Kier alpha value is -1.13. The van der Waals surface area contributed by atoms with Gasteiger partial charge in [-0.05, 0) is 45.5 Å². The predicted molar refractivity (Wildman–Crippen MR) is 73.8 cm³/mol. The molecule has 0 aromatic carbocycles. The number of anilines is 1. The fourth-order valence-electron chi connectivity index (χ4n) is 2.56. The third-order valence-corrected chi connectivity index (χ3v) is 3.50. The summed E-state index contributed by atoms with van der Waals surface area (Å²) in [5.41, 5.74) is 0.877. The van der Waals surface area contributed by atoms with Crippen LogP contribution in [0.5, 0.6) is 0 Å². The summed E-state index contributed by atoms with van der Waals surface area (Å²) in [6, 6.07) is 4.55. The molecule has 4 heteroatoms. The lowest BCUT2D eigenvalue weighted by Crippen LogP contribution is -2.37. The largest absolute Gasteiger partial charge is 0.389 e. The van der Waals surface area contributed by atoms with Crippen molar-refractivity contribution in [3.63, 3.8) is 0 Å². The van der Waals surface area contributed by atoms with Crippen molar-refractivity contribution in [3.05, 3.63) is 23.9 Å². The molecule has 0 radical (unpaired) electrons. The van der Waals surface area contributed by atoms with E-state index in [-0.39, 0.29) is 0 Å². The van der Waals surface area contributed by atoms with Crippen molar-refractivity contribution in [1.82, 2.24) is 9.88 Å². The maximum atomic E-state index is 9.49. The van der Waals surface area contributed by atoms with E-state index >= 15 is 0 Å². The minimum Gasteiger partial charge on any atom is -0.389 e. The summed E-state index contributed by atoms with van der Waals surface area (Å²) in [5.74, 6) is 1.03. The van der Waals surface area contributed by atoms with Gasteiger partial charge in [0.15, 0.2) is 0 Å². The fourth-order valence-corrected chi connectivity index (χ4v) is 2.56. The molecular weight excluding hydrogens is 226 g/mol. The van der Waals surface area contributed by atoms with Crippen LogP contribution < -0.4 is 4.90 Å². The van der Waals surface area contributed by atoms with E-state index in [0.717, 1.165) is 24.5 Å². The molecule has 2 heterocycles. The zero-order chi connectivity index (χ0) is 13.1. The maximum Gasteiger partial charge on any atom is 0.128 e. The highest BCUT2D eigenvalue weighted by Crippen LogP contribution is 2.25. The standard InChI is InChI=1S/C14H23N3O/c1-11(18)12-6-7-14(15-9-12)17-8-4-5-13(17)10-16(2)3/h6-7,9,11,13,18H,4-5,8,10H2,1-3H3/t11-,13?/m1/s1. The molecule has 0 spiro atoms. The van der Waals surface area contributed by atoms with Gasteiger partial charge in [-0.3, -0.25) is 0 Å². The number of rotatable bonds is 4. The molecule has 2 atom stereocenters. The second-order valence-electron chi connectivity index (χ2n) is 5.38. The van der Waals surface area contributed by atoms with Crippen LogP contribution in [0.15, 0.2) is 18.3 Å². The summed E-state index contributed by atoms with van der Waals surface area (Å²) in [4.78, 5) is 9.10. The van der Waals surface area contributed by atoms with Gasteiger partial charge in [0.1, 0.15) is 5.82 Å². The van der Waals surface area contributed by atoms with Gasteiger partial charge in [0.25, 0.3) is 0 Å². The van der Waals surface area contributed by atoms with Crippen LogP contribution in [-0.2, 0) is 0 Å². The molecule has 1 aliphatic heterocycles. The number of hydrogen-bond acceptors (Lipinski definition) is 4. The van der Waals surface area contributed by atoms with Crippen LogP contribution in [0.25, 0.3) is 0 Å². The lowest BCUT2D eigenvalue weighted by atomic mass is 10.2. The number of aliphatic hydroxyl groups excluding tert-OH is 1. The van der Waals surface area contributed by atoms with Crippen LogP contribution in [0, 0.1) is 0 Å². The third kappa shape index (κ3) is 3.00. The Morgan fingerprint density at radius 3 is 2.83 bits per heavy atom. The maximum absolute atomic E-state index is 9.49. The van der Waals surface area contributed by atoms with Crippen LogP contribution >= 0.6 is 0 Å². The molecule has 1 unspecified atom stereocenters. The summed E-state index contributed by atoms with van der Waals surface area (Å²) in [6.07, 6.45) is 3.81. The number of aliphatic hydroxyl groups is 1.